The van der Waals surface area contributed by atoms with Gasteiger partial charge in [0.25, 0.3) is 0 Å². The van der Waals surface area contributed by atoms with Gasteiger partial charge in [-0.15, -0.1) is 0 Å². The predicted molar refractivity (Wildman–Crippen MR) is 65.8 cm³/mol. The van der Waals surface area contributed by atoms with Crippen LogP contribution in [0.5, 0.6) is 5.75 Å². The molecule has 1 aromatic carbocycles. The molecule has 0 aliphatic heterocycles. The lowest BCUT2D eigenvalue weighted by molar-refractivity contribution is 0.103. The van der Waals surface area contributed by atoms with Crippen molar-refractivity contribution in [1.29, 1.82) is 0 Å². The van der Waals surface area contributed by atoms with Gasteiger partial charge in [0.15, 0.2) is 0 Å². The standard InChI is InChI=1S/C12H18ClNO2/c1-3-10(15)7-16-12-5-4-9(13)6-11(12)8(2)14/h4-6,8,10,15H,3,7,14H2,1-2H3/t8-,10?/m1/s1. The number of hydrogen-bond acceptors (Lipinski definition) is 3. The van der Waals surface area contributed by atoms with Crippen molar-refractivity contribution < 1.29 is 9.84 Å². The first-order chi connectivity index (χ1) is 7.54. The van der Waals surface area contributed by atoms with E-state index < -0.39 is 6.10 Å². The second kappa shape index (κ2) is 6.09. The molecule has 90 valence electrons. The summed E-state index contributed by atoms with van der Waals surface area (Å²) in [6, 6.07) is 5.18. The lowest BCUT2D eigenvalue weighted by Gasteiger charge is -2.16. The zero-order valence-corrected chi connectivity index (χ0v) is 10.4. The van der Waals surface area contributed by atoms with E-state index in [0.29, 0.717) is 17.2 Å². The summed E-state index contributed by atoms with van der Waals surface area (Å²) in [5.41, 5.74) is 6.68. The van der Waals surface area contributed by atoms with E-state index in [1.165, 1.54) is 0 Å². The van der Waals surface area contributed by atoms with Gasteiger partial charge in [-0.3, -0.25) is 0 Å². The molecule has 0 aliphatic carbocycles. The zero-order valence-electron chi connectivity index (χ0n) is 9.61. The molecule has 0 saturated heterocycles. The van der Waals surface area contributed by atoms with Crippen molar-refractivity contribution in [2.75, 3.05) is 6.61 Å². The van der Waals surface area contributed by atoms with Crippen LogP contribution in [0.15, 0.2) is 18.2 Å². The van der Waals surface area contributed by atoms with E-state index >= 15 is 0 Å². The largest absolute Gasteiger partial charge is 0.491 e. The van der Waals surface area contributed by atoms with Gasteiger partial charge in [-0.2, -0.15) is 0 Å². The minimum Gasteiger partial charge on any atom is -0.491 e. The molecule has 0 spiro atoms. The highest BCUT2D eigenvalue weighted by molar-refractivity contribution is 6.30. The summed E-state index contributed by atoms with van der Waals surface area (Å²) < 4.78 is 5.52. The third kappa shape index (κ3) is 3.67. The molecule has 2 atom stereocenters. The fourth-order valence-corrected chi connectivity index (χ4v) is 1.49. The van der Waals surface area contributed by atoms with E-state index in [-0.39, 0.29) is 12.6 Å². The van der Waals surface area contributed by atoms with Crippen molar-refractivity contribution in [3.8, 4) is 5.75 Å². The Balaban J connectivity index is 2.78. The number of halogens is 1. The second-order valence-electron chi connectivity index (χ2n) is 3.84. The van der Waals surface area contributed by atoms with Gasteiger partial charge in [-0.1, -0.05) is 18.5 Å². The van der Waals surface area contributed by atoms with Crippen LogP contribution in [-0.4, -0.2) is 17.8 Å². The molecule has 3 nitrogen and oxygen atoms in total. The fraction of sp³-hybridized carbons (Fsp3) is 0.500. The van der Waals surface area contributed by atoms with E-state index in [2.05, 4.69) is 0 Å². The number of hydrogen-bond donors (Lipinski definition) is 2. The predicted octanol–water partition coefficient (Wildman–Crippen LogP) is 2.51. The van der Waals surface area contributed by atoms with Gasteiger partial charge in [0.2, 0.25) is 0 Å². The Morgan fingerprint density at radius 2 is 2.19 bits per heavy atom. The number of ether oxygens (including phenoxy) is 1. The lowest BCUT2D eigenvalue weighted by atomic mass is 10.1. The van der Waals surface area contributed by atoms with Gasteiger partial charge < -0.3 is 15.6 Å². The molecule has 0 aliphatic rings. The van der Waals surface area contributed by atoms with Crippen LogP contribution >= 0.6 is 11.6 Å². The highest BCUT2D eigenvalue weighted by Gasteiger charge is 2.10. The van der Waals surface area contributed by atoms with Gasteiger partial charge in [0.1, 0.15) is 12.4 Å². The van der Waals surface area contributed by atoms with Gasteiger partial charge in [0, 0.05) is 16.6 Å². The van der Waals surface area contributed by atoms with Gasteiger partial charge in [-0.05, 0) is 31.5 Å². The van der Waals surface area contributed by atoms with Crippen LogP contribution in [0, 0.1) is 0 Å². The monoisotopic (exact) mass is 243 g/mol. The molecule has 0 heterocycles. The van der Waals surface area contributed by atoms with Crippen molar-refractivity contribution in [2.45, 2.75) is 32.4 Å². The maximum absolute atomic E-state index is 9.42. The average molecular weight is 244 g/mol. The number of aliphatic hydroxyl groups is 1. The van der Waals surface area contributed by atoms with Crippen LogP contribution in [0.1, 0.15) is 31.9 Å². The first-order valence-corrected chi connectivity index (χ1v) is 5.78. The summed E-state index contributed by atoms with van der Waals surface area (Å²) in [5.74, 6) is 0.687. The Bertz CT molecular complexity index is 342. The van der Waals surface area contributed by atoms with Crippen molar-refractivity contribution in [1.82, 2.24) is 0 Å². The first kappa shape index (κ1) is 13.3. The summed E-state index contributed by atoms with van der Waals surface area (Å²) in [4.78, 5) is 0. The molecule has 0 fully saturated rings. The quantitative estimate of drug-likeness (QED) is 0.836. The van der Waals surface area contributed by atoms with E-state index in [9.17, 15) is 5.11 Å². The van der Waals surface area contributed by atoms with E-state index in [0.717, 1.165) is 5.56 Å². The van der Waals surface area contributed by atoms with Crippen LogP contribution in [0.3, 0.4) is 0 Å². The lowest BCUT2D eigenvalue weighted by Crippen LogP contribution is -2.17. The van der Waals surface area contributed by atoms with E-state index in [1.807, 2.05) is 13.8 Å². The third-order valence-corrected chi connectivity index (χ3v) is 2.60. The normalized spacial score (nSPS) is 14.6. The number of aliphatic hydroxyl groups excluding tert-OH is 1. The van der Waals surface area contributed by atoms with Gasteiger partial charge >= 0.3 is 0 Å². The molecule has 3 N–H and O–H groups in total. The highest BCUT2D eigenvalue weighted by Crippen LogP contribution is 2.27. The molecule has 1 rings (SSSR count). The molecule has 0 saturated carbocycles. The number of benzene rings is 1. The Morgan fingerprint density at radius 1 is 1.50 bits per heavy atom. The van der Waals surface area contributed by atoms with Crippen LogP contribution in [0.4, 0.5) is 0 Å². The van der Waals surface area contributed by atoms with Gasteiger partial charge in [-0.25, -0.2) is 0 Å². The smallest absolute Gasteiger partial charge is 0.124 e. The summed E-state index contributed by atoms with van der Waals surface area (Å²) >= 11 is 5.89. The minimum absolute atomic E-state index is 0.146. The van der Waals surface area contributed by atoms with Crippen LogP contribution in [-0.2, 0) is 0 Å². The highest BCUT2D eigenvalue weighted by atomic mass is 35.5. The summed E-state index contributed by atoms with van der Waals surface area (Å²) in [6.45, 7) is 4.05. The molecule has 1 unspecified atom stereocenters. The SMILES string of the molecule is CCC(O)COc1ccc(Cl)cc1[C@@H](C)N. The third-order valence-electron chi connectivity index (χ3n) is 2.36. The van der Waals surface area contributed by atoms with Crippen molar-refractivity contribution in [2.24, 2.45) is 5.73 Å². The van der Waals surface area contributed by atoms with Crippen molar-refractivity contribution in [3.05, 3.63) is 28.8 Å². The average Bonchev–Trinajstić information content (AvgIpc) is 2.26. The molecule has 1 aromatic rings. The Hall–Kier alpha value is -0.770. The molecule has 4 heteroatoms. The Labute approximate surface area is 101 Å². The van der Waals surface area contributed by atoms with E-state index in [4.69, 9.17) is 22.1 Å². The molecule has 0 aromatic heterocycles. The molecule has 0 radical (unpaired) electrons. The summed E-state index contributed by atoms with van der Waals surface area (Å²) in [5, 5.41) is 10.1. The molecule has 16 heavy (non-hydrogen) atoms. The zero-order chi connectivity index (χ0) is 12.1. The number of nitrogens with two attached hydrogens (primary N) is 1. The van der Waals surface area contributed by atoms with Crippen molar-refractivity contribution in [3.63, 3.8) is 0 Å². The molecular weight excluding hydrogens is 226 g/mol. The first-order valence-electron chi connectivity index (χ1n) is 5.40. The molecule has 0 amide bonds. The topological polar surface area (TPSA) is 55.5 Å². The van der Waals surface area contributed by atoms with Crippen LogP contribution in [0.2, 0.25) is 5.02 Å². The maximum atomic E-state index is 9.42. The maximum Gasteiger partial charge on any atom is 0.124 e. The summed E-state index contributed by atoms with van der Waals surface area (Å²) in [7, 11) is 0. The van der Waals surface area contributed by atoms with Gasteiger partial charge in [0.05, 0.1) is 6.10 Å². The summed E-state index contributed by atoms with van der Waals surface area (Å²) in [6.07, 6.45) is 0.220. The molecular formula is C12H18ClNO2. The Morgan fingerprint density at radius 3 is 2.75 bits per heavy atom. The van der Waals surface area contributed by atoms with Crippen LogP contribution in [0.25, 0.3) is 0 Å². The minimum atomic E-state index is -0.448. The molecule has 0 bridgehead atoms. The fourth-order valence-electron chi connectivity index (χ4n) is 1.31. The second-order valence-corrected chi connectivity index (χ2v) is 4.28. The van der Waals surface area contributed by atoms with E-state index in [1.54, 1.807) is 18.2 Å². The Kier molecular flexibility index (Phi) is 5.06. The number of rotatable bonds is 5. The van der Waals surface area contributed by atoms with Crippen molar-refractivity contribution >= 4 is 11.6 Å². The van der Waals surface area contributed by atoms with Crippen LogP contribution < -0.4 is 10.5 Å².